The van der Waals surface area contributed by atoms with Gasteiger partial charge >= 0.3 is 29.8 Å². The highest BCUT2D eigenvalue weighted by Crippen LogP contribution is 2.46. The molecule has 16 nitrogen and oxygen atoms in total. The molecule has 0 saturated carbocycles. The molecule has 2 aliphatic rings. The number of carbonyl (C=O) groups excluding carboxylic acids is 5. The Morgan fingerprint density at radius 2 is 0.652 bits per heavy atom. The van der Waals surface area contributed by atoms with Crippen LogP contribution in [-0.4, -0.2) is 129 Å². The molecule has 0 N–H and O–H groups in total. The Morgan fingerprint density at radius 1 is 0.371 bits per heavy atom. The first-order valence-corrected chi connectivity index (χ1v) is 35.9. The third-order valence-corrected chi connectivity index (χ3v) is 31.5. The quantitative estimate of drug-likeness (QED) is 0.0359. The molecular weight excluding hydrogens is 1180 g/mol. The molecule has 474 valence electrons. The molecule has 0 amide bonds. The van der Waals surface area contributed by atoms with Gasteiger partial charge in [0.2, 0.25) is 12.1 Å². The molecule has 6 aromatic carbocycles. The molecule has 0 spiro atoms. The van der Waals surface area contributed by atoms with Gasteiger partial charge in [-0.3, -0.25) is 24.0 Å². The maximum Gasteiger partial charge on any atom is 0.303 e. The highest BCUT2D eigenvalue weighted by atomic mass is 28.4. The van der Waals surface area contributed by atoms with Gasteiger partial charge in [0, 0.05) is 34.6 Å². The van der Waals surface area contributed by atoms with Crippen molar-refractivity contribution in [1.29, 1.82) is 0 Å². The standard InChI is InChI=1S/C70H86O16Si3/c1-48(71)79-61-59(45-76-87(67(6,7)8,53-33-21-15-22-34-53)54-35-23-16-24-36-54)84-66(64(82-51(4)74)63(61)81-50(3)73)86-70(47-78-89(69(12,13)14,57-41-29-19-30-42-57)58-43-31-20-32-44-58)65(83-52(5)75)62(80-49(2)72)60(85-70)46-77-88(68(9,10)11,55-37-25-17-26-38-55)56-39-27-18-28-40-56/h15-44,59-66H,45-47H2,1-14H3/t59-,60-,61-,62-,63+,64-,65+,66-,70+/m1/s1. The van der Waals surface area contributed by atoms with Crippen molar-refractivity contribution in [2.45, 2.75) is 167 Å². The van der Waals surface area contributed by atoms with E-state index in [9.17, 15) is 24.0 Å². The normalized spacial score (nSPS) is 22.5. The van der Waals surface area contributed by atoms with Crippen LogP contribution >= 0.6 is 0 Å². The topological polar surface area (TPSA) is 187 Å². The maximum atomic E-state index is 14.1. The van der Waals surface area contributed by atoms with E-state index in [0.717, 1.165) is 38.0 Å². The van der Waals surface area contributed by atoms with E-state index in [0.29, 0.717) is 0 Å². The number of hydrogen-bond donors (Lipinski definition) is 0. The van der Waals surface area contributed by atoms with Crippen LogP contribution in [0, 0.1) is 0 Å². The van der Waals surface area contributed by atoms with Gasteiger partial charge in [-0.1, -0.05) is 244 Å². The molecule has 19 heteroatoms. The minimum absolute atomic E-state index is 0.272. The predicted molar refractivity (Wildman–Crippen MR) is 346 cm³/mol. The van der Waals surface area contributed by atoms with Gasteiger partial charge < -0.3 is 51.2 Å². The number of esters is 5. The largest absolute Gasteiger partial charge is 0.456 e. The molecule has 2 saturated heterocycles. The van der Waals surface area contributed by atoms with Crippen LogP contribution in [0.3, 0.4) is 0 Å². The first-order valence-electron chi connectivity index (χ1n) is 30.2. The first-order chi connectivity index (χ1) is 42.1. The van der Waals surface area contributed by atoms with E-state index in [4.69, 9.17) is 51.2 Å². The fourth-order valence-corrected chi connectivity index (χ4v) is 26.8. The van der Waals surface area contributed by atoms with Crippen molar-refractivity contribution in [2.75, 3.05) is 19.8 Å². The molecule has 2 fully saturated rings. The van der Waals surface area contributed by atoms with Crippen LogP contribution in [0.15, 0.2) is 182 Å². The second-order valence-corrected chi connectivity index (χ2v) is 38.8. The van der Waals surface area contributed by atoms with Gasteiger partial charge in [-0.15, -0.1) is 0 Å². The Morgan fingerprint density at radius 3 is 0.966 bits per heavy atom. The molecule has 89 heavy (non-hydrogen) atoms. The monoisotopic (exact) mass is 1270 g/mol. The smallest absolute Gasteiger partial charge is 0.303 e. The second-order valence-electron chi connectivity index (χ2n) is 25.9. The molecule has 0 aliphatic carbocycles. The van der Waals surface area contributed by atoms with E-state index in [-0.39, 0.29) is 13.2 Å². The minimum Gasteiger partial charge on any atom is -0.456 e. The summed E-state index contributed by atoms with van der Waals surface area (Å²) in [6.45, 7) is 23.7. The van der Waals surface area contributed by atoms with E-state index in [1.165, 1.54) is 27.7 Å². The zero-order valence-electron chi connectivity index (χ0n) is 53.6. The molecule has 8 rings (SSSR count). The Hall–Kier alpha value is -6.92. The van der Waals surface area contributed by atoms with Crippen LogP contribution in [0.5, 0.6) is 0 Å². The van der Waals surface area contributed by atoms with E-state index in [2.05, 4.69) is 62.3 Å². The van der Waals surface area contributed by atoms with E-state index >= 15 is 0 Å². The van der Waals surface area contributed by atoms with Crippen LogP contribution in [0.25, 0.3) is 0 Å². The van der Waals surface area contributed by atoms with Crippen molar-refractivity contribution in [3.63, 3.8) is 0 Å². The van der Waals surface area contributed by atoms with Gasteiger partial charge in [0.15, 0.2) is 30.5 Å². The molecule has 9 atom stereocenters. The molecular formula is C70H86O16Si3. The van der Waals surface area contributed by atoms with Crippen molar-refractivity contribution in [3.05, 3.63) is 182 Å². The summed E-state index contributed by atoms with van der Waals surface area (Å²) in [5.41, 5.74) is 0. The molecule has 0 bridgehead atoms. The summed E-state index contributed by atoms with van der Waals surface area (Å²) >= 11 is 0. The summed E-state index contributed by atoms with van der Waals surface area (Å²) in [6.07, 6.45) is -12.7. The Bertz CT molecular complexity index is 3200. The lowest BCUT2D eigenvalue weighted by atomic mass is 9.97. The van der Waals surface area contributed by atoms with Crippen LogP contribution in [-0.2, 0) is 75.1 Å². The van der Waals surface area contributed by atoms with Crippen molar-refractivity contribution in [1.82, 2.24) is 0 Å². The van der Waals surface area contributed by atoms with Crippen LogP contribution < -0.4 is 31.1 Å². The van der Waals surface area contributed by atoms with Gasteiger partial charge in [0.25, 0.3) is 25.0 Å². The lowest BCUT2D eigenvalue weighted by Crippen LogP contribution is -2.70. The third kappa shape index (κ3) is 14.5. The zero-order valence-corrected chi connectivity index (χ0v) is 56.6. The number of benzene rings is 6. The summed E-state index contributed by atoms with van der Waals surface area (Å²) in [6, 6.07) is 59.3. The van der Waals surface area contributed by atoms with Crippen LogP contribution in [0.2, 0.25) is 15.1 Å². The van der Waals surface area contributed by atoms with E-state index < -0.39 is 131 Å². The van der Waals surface area contributed by atoms with Crippen molar-refractivity contribution >= 4 is 85.9 Å². The Kier molecular flexibility index (Phi) is 21.5. The SMILES string of the molecule is CC(=O)O[C@@H]1[C@@H](OC(C)=O)[C@@H](O[C@]2(CO[Si](c3ccccc3)(c3ccccc3)C(C)(C)C)O[C@H](CO[Si](c3ccccc3)(c3ccccc3)C(C)(C)C)[C@@H](OC(C)=O)[C@@H]2OC(C)=O)O[C@H](CO[Si](c2ccccc2)(c2ccccc2)C(C)(C)C)[C@H]1OC(C)=O. The average molecular weight is 1270 g/mol. The second kappa shape index (κ2) is 28.1. The number of carbonyl (C=O) groups is 5. The highest BCUT2D eigenvalue weighted by Gasteiger charge is 2.67. The van der Waals surface area contributed by atoms with Crippen LogP contribution in [0.4, 0.5) is 0 Å². The van der Waals surface area contributed by atoms with Crippen molar-refractivity contribution in [3.8, 4) is 0 Å². The molecule has 0 aromatic heterocycles. The summed E-state index contributed by atoms with van der Waals surface area (Å²) in [5.74, 6) is -6.44. The number of rotatable bonds is 22. The average Bonchev–Trinajstić information content (AvgIpc) is 1.82. The maximum absolute atomic E-state index is 14.1. The van der Waals surface area contributed by atoms with Gasteiger partial charge in [0.1, 0.15) is 12.2 Å². The molecule has 0 unspecified atom stereocenters. The molecule has 2 aliphatic heterocycles. The zero-order chi connectivity index (χ0) is 64.6. The summed E-state index contributed by atoms with van der Waals surface area (Å²) in [4.78, 5) is 68.7. The highest BCUT2D eigenvalue weighted by molar-refractivity contribution is 7.00. The van der Waals surface area contributed by atoms with Crippen LogP contribution in [0.1, 0.15) is 96.9 Å². The lowest BCUT2D eigenvalue weighted by molar-refractivity contribution is -0.382. The van der Waals surface area contributed by atoms with Crippen molar-refractivity contribution < 1.29 is 75.1 Å². The number of hydrogen-bond acceptors (Lipinski definition) is 16. The Labute approximate surface area is 527 Å². The predicted octanol–water partition coefficient (Wildman–Crippen LogP) is 8.21. The molecule has 6 aromatic rings. The Balaban J connectivity index is 1.38. The van der Waals surface area contributed by atoms with Gasteiger partial charge in [-0.2, -0.15) is 0 Å². The van der Waals surface area contributed by atoms with Gasteiger partial charge in [-0.25, -0.2) is 0 Å². The lowest BCUT2D eigenvalue weighted by Gasteiger charge is -2.49. The fraction of sp³-hybridized carbons (Fsp3) is 0.414. The van der Waals surface area contributed by atoms with E-state index in [1.807, 2.05) is 182 Å². The summed E-state index contributed by atoms with van der Waals surface area (Å²) in [7, 11) is -10.6. The van der Waals surface area contributed by atoms with E-state index in [1.54, 1.807) is 0 Å². The van der Waals surface area contributed by atoms with Gasteiger partial charge in [-0.05, 0) is 46.2 Å². The summed E-state index contributed by atoms with van der Waals surface area (Å²) in [5, 5.41) is 3.68. The van der Waals surface area contributed by atoms with Crippen molar-refractivity contribution in [2.24, 2.45) is 0 Å². The minimum atomic E-state index is -3.68. The molecule has 2 heterocycles. The third-order valence-electron chi connectivity index (χ3n) is 16.5. The molecule has 0 radical (unpaired) electrons. The number of ether oxygens (including phenoxy) is 8. The summed E-state index contributed by atoms with van der Waals surface area (Å²) < 4.78 is 76.3. The fourth-order valence-electron chi connectivity index (χ4n) is 13.1. The van der Waals surface area contributed by atoms with Gasteiger partial charge in [0.05, 0.1) is 19.8 Å². The first kappa shape index (κ1) is 68.0.